The molecule has 1 heterocycles. The summed E-state index contributed by atoms with van der Waals surface area (Å²) in [4.78, 5) is 3.14. The zero-order valence-corrected chi connectivity index (χ0v) is 10.9. The van der Waals surface area contributed by atoms with Crippen LogP contribution in [-0.2, 0) is 11.2 Å². The van der Waals surface area contributed by atoms with E-state index in [-0.39, 0.29) is 0 Å². The standard InChI is InChI=1S/C13H16N2OS/c1-10-9-15(13(17)14-10)12-6-4-3-5-11(12)7-8-16-2/h3-6,9H,7-8H2,1-2H3,(H,14,17). The van der Waals surface area contributed by atoms with Crippen molar-refractivity contribution in [2.45, 2.75) is 13.3 Å². The fourth-order valence-electron chi connectivity index (χ4n) is 1.86. The van der Waals surface area contributed by atoms with Crippen molar-refractivity contribution in [2.24, 2.45) is 0 Å². The summed E-state index contributed by atoms with van der Waals surface area (Å²) in [7, 11) is 1.72. The number of methoxy groups -OCH3 is 1. The molecule has 0 atom stereocenters. The van der Waals surface area contributed by atoms with Crippen LogP contribution >= 0.6 is 12.2 Å². The molecular formula is C13H16N2OS. The number of hydrogen-bond acceptors (Lipinski definition) is 2. The summed E-state index contributed by atoms with van der Waals surface area (Å²) in [5, 5.41) is 0. The number of aromatic nitrogens is 2. The molecule has 3 nitrogen and oxygen atoms in total. The van der Waals surface area contributed by atoms with E-state index in [4.69, 9.17) is 17.0 Å². The van der Waals surface area contributed by atoms with E-state index in [1.54, 1.807) is 7.11 Å². The van der Waals surface area contributed by atoms with Gasteiger partial charge in [0.2, 0.25) is 0 Å². The molecule has 1 aromatic heterocycles. The Morgan fingerprint density at radius 3 is 2.76 bits per heavy atom. The summed E-state index contributed by atoms with van der Waals surface area (Å²) in [5.74, 6) is 0. The summed E-state index contributed by atoms with van der Waals surface area (Å²) < 4.78 is 7.87. The van der Waals surface area contributed by atoms with Crippen molar-refractivity contribution in [1.82, 2.24) is 9.55 Å². The highest BCUT2D eigenvalue weighted by molar-refractivity contribution is 7.71. The molecule has 4 heteroatoms. The van der Waals surface area contributed by atoms with E-state index < -0.39 is 0 Å². The summed E-state index contributed by atoms with van der Waals surface area (Å²) in [6.07, 6.45) is 2.91. The minimum Gasteiger partial charge on any atom is -0.384 e. The van der Waals surface area contributed by atoms with E-state index in [9.17, 15) is 0 Å². The highest BCUT2D eigenvalue weighted by Gasteiger charge is 2.05. The number of imidazole rings is 1. The van der Waals surface area contributed by atoms with Gasteiger partial charge in [0.15, 0.2) is 4.77 Å². The van der Waals surface area contributed by atoms with Crippen LogP contribution in [0.25, 0.3) is 5.69 Å². The lowest BCUT2D eigenvalue weighted by Gasteiger charge is -2.09. The predicted molar refractivity (Wildman–Crippen MR) is 71.3 cm³/mol. The Morgan fingerprint density at radius 2 is 2.12 bits per heavy atom. The average molecular weight is 248 g/mol. The topological polar surface area (TPSA) is 29.9 Å². The average Bonchev–Trinajstić information content (AvgIpc) is 2.66. The number of rotatable bonds is 4. The number of H-pyrrole nitrogens is 1. The molecule has 0 unspecified atom stereocenters. The fraction of sp³-hybridized carbons (Fsp3) is 0.308. The van der Waals surface area contributed by atoms with Gasteiger partial charge in [0.25, 0.3) is 0 Å². The molecule has 0 saturated heterocycles. The van der Waals surface area contributed by atoms with Crippen molar-refractivity contribution in [2.75, 3.05) is 13.7 Å². The van der Waals surface area contributed by atoms with Crippen LogP contribution in [0.15, 0.2) is 30.5 Å². The first-order valence-electron chi connectivity index (χ1n) is 5.58. The number of aryl methyl sites for hydroxylation is 1. The zero-order chi connectivity index (χ0) is 12.3. The van der Waals surface area contributed by atoms with Crippen LogP contribution in [0, 0.1) is 11.7 Å². The second kappa shape index (κ2) is 5.29. The fourth-order valence-corrected chi connectivity index (χ4v) is 2.17. The molecule has 0 fully saturated rings. The number of nitrogens with one attached hydrogen (secondary N) is 1. The SMILES string of the molecule is COCCc1ccccc1-n1cc(C)[nH]c1=S. The minimum absolute atomic E-state index is 0.716. The Kier molecular flexibility index (Phi) is 3.76. The smallest absolute Gasteiger partial charge is 0.181 e. The van der Waals surface area contributed by atoms with Crippen molar-refractivity contribution in [3.8, 4) is 5.69 Å². The van der Waals surface area contributed by atoms with Crippen LogP contribution < -0.4 is 0 Å². The molecule has 1 N–H and O–H groups in total. The van der Waals surface area contributed by atoms with Gasteiger partial charge in [-0.05, 0) is 37.2 Å². The molecule has 0 aliphatic heterocycles. The number of nitrogens with zero attached hydrogens (tertiary/aromatic N) is 1. The molecule has 0 radical (unpaired) electrons. The quantitative estimate of drug-likeness (QED) is 0.843. The van der Waals surface area contributed by atoms with E-state index in [1.165, 1.54) is 5.56 Å². The van der Waals surface area contributed by atoms with Crippen molar-refractivity contribution >= 4 is 12.2 Å². The Bertz CT molecular complexity index is 557. The van der Waals surface area contributed by atoms with Gasteiger partial charge in [-0.1, -0.05) is 18.2 Å². The Labute approximate surface area is 106 Å². The van der Waals surface area contributed by atoms with E-state index in [1.807, 2.05) is 29.8 Å². The second-order valence-corrected chi connectivity index (χ2v) is 4.37. The molecule has 0 aliphatic carbocycles. The van der Waals surface area contributed by atoms with Gasteiger partial charge in [-0.15, -0.1) is 0 Å². The van der Waals surface area contributed by atoms with Crippen molar-refractivity contribution in [3.63, 3.8) is 0 Å². The number of aromatic amines is 1. The highest BCUT2D eigenvalue weighted by Crippen LogP contribution is 2.16. The van der Waals surface area contributed by atoms with E-state index in [0.29, 0.717) is 6.61 Å². The summed E-state index contributed by atoms with van der Waals surface area (Å²) in [6.45, 7) is 2.72. The summed E-state index contributed by atoms with van der Waals surface area (Å²) in [6, 6.07) is 8.25. The summed E-state index contributed by atoms with van der Waals surface area (Å²) >= 11 is 5.30. The number of para-hydroxylation sites is 1. The molecule has 0 aliphatic rings. The third kappa shape index (κ3) is 2.65. The van der Waals surface area contributed by atoms with Crippen LogP contribution in [0.3, 0.4) is 0 Å². The Morgan fingerprint density at radius 1 is 1.35 bits per heavy atom. The maximum absolute atomic E-state index is 5.30. The largest absolute Gasteiger partial charge is 0.384 e. The van der Waals surface area contributed by atoms with Gasteiger partial charge in [0.1, 0.15) is 0 Å². The molecule has 90 valence electrons. The highest BCUT2D eigenvalue weighted by atomic mass is 32.1. The van der Waals surface area contributed by atoms with Gasteiger partial charge in [0, 0.05) is 19.0 Å². The Balaban J connectivity index is 2.44. The van der Waals surface area contributed by atoms with Crippen LogP contribution in [0.2, 0.25) is 0 Å². The van der Waals surface area contributed by atoms with Crippen LogP contribution in [0.1, 0.15) is 11.3 Å². The third-order valence-corrected chi connectivity index (χ3v) is 2.97. The van der Waals surface area contributed by atoms with Gasteiger partial charge in [0.05, 0.1) is 12.3 Å². The first-order chi connectivity index (χ1) is 8.22. The molecule has 2 aromatic rings. The van der Waals surface area contributed by atoms with Crippen molar-refractivity contribution in [3.05, 3.63) is 46.5 Å². The second-order valence-electron chi connectivity index (χ2n) is 3.98. The monoisotopic (exact) mass is 248 g/mol. The maximum Gasteiger partial charge on any atom is 0.181 e. The van der Waals surface area contributed by atoms with Crippen molar-refractivity contribution in [1.29, 1.82) is 0 Å². The first-order valence-corrected chi connectivity index (χ1v) is 5.98. The zero-order valence-electron chi connectivity index (χ0n) is 10.1. The molecule has 0 bridgehead atoms. The first kappa shape index (κ1) is 12.1. The minimum atomic E-state index is 0.716. The molecular weight excluding hydrogens is 232 g/mol. The normalized spacial score (nSPS) is 10.7. The lowest BCUT2D eigenvalue weighted by Crippen LogP contribution is -2.02. The maximum atomic E-state index is 5.30. The van der Waals surface area contributed by atoms with Crippen LogP contribution in [0.4, 0.5) is 0 Å². The van der Waals surface area contributed by atoms with E-state index in [0.717, 1.165) is 22.6 Å². The number of hydrogen-bond donors (Lipinski definition) is 1. The van der Waals surface area contributed by atoms with Gasteiger partial charge in [-0.2, -0.15) is 0 Å². The lowest BCUT2D eigenvalue weighted by molar-refractivity contribution is 0.202. The lowest BCUT2D eigenvalue weighted by atomic mass is 10.1. The van der Waals surface area contributed by atoms with Crippen LogP contribution in [-0.4, -0.2) is 23.3 Å². The number of ether oxygens (including phenoxy) is 1. The predicted octanol–water partition coefficient (Wildman–Crippen LogP) is 3.03. The molecule has 0 amide bonds. The van der Waals surface area contributed by atoms with Crippen LogP contribution in [0.5, 0.6) is 0 Å². The van der Waals surface area contributed by atoms with Crippen molar-refractivity contribution < 1.29 is 4.74 Å². The molecule has 0 spiro atoms. The molecule has 0 saturated carbocycles. The van der Waals surface area contributed by atoms with E-state index >= 15 is 0 Å². The number of benzene rings is 1. The van der Waals surface area contributed by atoms with Gasteiger partial charge < -0.3 is 9.72 Å². The third-order valence-electron chi connectivity index (χ3n) is 2.67. The van der Waals surface area contributed by atoms with Gasteiger partial charge >= 0.3 is 0 Å². The Hall–Kier alpha value is -1.39. The van der Waals surface area contributed by atoms with Gasteiger partial charge in [-0.25, -0.2) is 0 Å². The molecule has 2 rings (SSSR count). The summed E-state index contributed by atoms with van der Waals surface area (Å²) in [5.41, 5.74) is 3.43. The van der Waals surface area contributed by atoms with E-state index in [2.05, 4.69) is 17.1 Å². The van der Waals surface area contributed by atoms with Gasteiger partial charge in [-0.3, -0.25) is 4.57 Å². The molecule has 1 aromatic carbocycles. The molecule has 17 heavy (non-hydrogen) atoms.